The van der Waals surface area contributed by atoms with Gasteiger partial charge in [0.05, 0.1) is 7.11 Å². The van der Waals surface area contributed by atoms with Gasteiger partial charge in [-0.25, -0.2) is 0 Å². The highest BCUT2D eigenvalue weighted by Gasteiger charge is 2.20. The van der Waals surface area contributed by atoms with E-state index in [0.717, 1.165) is 5.56 Å². The molecule has 0 fully saturated rings. The molecule has 3 nitrogen and oxygen atoms in total. The number of rotatable bonds is 5. The fourth-order valence-electron chi connectivity index (χ4n) is 1.69. The van der Waals surface area contributed by atoms with Gasteiger partial charge in [0, 0.05) is 12.0 Å². The lowest BCUT2D eigenvalue weighted by molar-refractivity contribution is -0.127. The zero-order valence-electron chi connectivity index (χ0n) is 10.9. The number of Topliss-reactive ketones (excluding diaryl/α,β-unsaturated/α-hetero) is 1. The summed E-state index contributed by atoms with van der Waals surface area (Å²) in [7, 11) is 1.54. The van der Waals surface area contributed by atoms with Crippen molar-refractivity contribution >= 4 is 5.78 Å². The van der Waals surface area contributed by atoms with Crippen molar-refractivity contribution in [3.8, 4) is 5.75 Å². The van der Waals surface area contributed by atoms with Gasteiger partial charge in [-0.15, -0.1) is 0 Å². The van der Waals surface area contributed by atoms with Crippen molar-refractivity contribution in [2.45, 2.75) is 39.2 Å². The normalized spacial score (nSPS) is 12.6. The first-order valence-corrected chi connectivity index (χ1v) is 5.89. The van der Waals surface area contributed by atoms with E-state index < -0.39 is 6.10 Å². The third-order valence-corrected chi connectivity index (χ3v) is 2.87. The minimum absolute atomic E-state index is 0.191. The summed E-state index contributed by atoms with van der Waals surface area (Å²) in [5.41, 5.74) is 1.65. The molecule has 0 saturated carbocycles. The monoisotopic (exact) mass is 236 g/mol. The van der Waals surface area contributed by atoms with Crippen LogP contribution in [0.5, 0.6) is 5.75 Å². The predicted octanol–water partition coefficient (Wildman–Crippen LogP) is 2.83. The summed E-state index contributed by atoms with van der Waals surface area (Å²) >= 11 is 0. The van der Waals surface area contributed by atoms with Crippen LogP contribution in [0.25, 0.3) is 0 Å². The van der Waals surface area contributed by atoms with E-state index >= 15 is 0 Å². The molecular weight excluding hydrogens is 216 g/mol. The van der Waals surface area contributed by atoms with E-state index in [-0.39, 0.29) is 5.78 Å². The minimum Gasteiger partial charge on any atom is -0.496 e. The lowest BCUT2D eigenvalue weighted by Gasteiger charge is -2.16. The highest BCUT2D eigenvalue weighted by atomic mass is 16.5. The van der Waals surface area contributed by atoms with Crippen molar-refractivity contribution < 1.29 is 14.6 Å². The van der Waals surface area contributed by atoms with Crippen LogP contribution in [-0.2, 0) is 4.79 Å². The summed E-state index contributed by atoms with van der Waals surface area (Å²) in [6.45, 7) is 5.88. The van der Waals surface area contributed by atoms with E-state index in [2.05, 4.69) is 13.8 Å². The van der Waals surface area contributed by atoms with Crippen LogP contribution in [0.3, 0.4) is 0 Å². The molecule has 3 heteroatoms. The fourth-order valence-corrected chi connectivity index (χ4v) is 1.69. The molecule has 0 radical (unpaired) electrons. The lowest BCUT2D eigenvalue weighted by atomic mass is 9.96. The molecule has 1 aromatic rings. The average molecular weight is 236 g/mol. The van der Waals surface area contributed by atoms with Gasteiger partial charge in [-0.1, -0.05) is 26.8 Å². The molecule has 1 N–H and O–H groups in total. The molecule has 1 atom stereocenters. The van der Waals surface area contributed by atoms with Gasteiger partial charge in [0.2, 0.25) is 0 Å². The SMILES string of the molecule is CCC(=O)C(O)c1cc(C(C)C)ccc1OC. The maximum absolute atomic E-state index is 11.6. The minimum atomic E-state index is -1.09. The fraction of sp³-hybridized carbons (Fsp3) is 0.500. The summed E-state index contributed by atoms with van der Waals surface area (Å²) in [5.74, 6) is 0.719. The highest BCUT2D eigenvalue weighted by Crippen LogP contribution is 2.29. The Morgan fingerprint density at radius 2 is 2.06 bits per heavy atom. The van der Waals surface area contributed by atoms with Crippen molar-refractivity contribution in [3.63, 3.8) is 0 Å². The first-order valence-electron chi connectivity index (χ1n) is 5.89. The first kappa shape index (κ1) is 13.7. The van der Waals surface area contributed by atoms with Crippen LogP contribution in [-0.4, -0.2) is 18.0 Å². The van der Waals surface area contributed by atoms with Crippen LogP contribution in [0.15, 0.2) is 18.2 Å². The van der Waals surface area contributed by atoms with Gasteiger partial charge in [0.25, 0.3) is 0 Å². The summed E-state index contributed by atoms with van der Waals surface area (Å²) in [5, 5.41) is 9.98. The van der Waals surface area contributed by atoms with Crippen molar-refractivity contribution in [2.24, 2.45) is 0 Å². The van der Waals surface area contributed by atoms with E-state index in [4.69, 9.17) is 4.74 Å². The Hall–Kier alpha value is -1.35. The Balaban J connectivity index is 3.18. The van der Waals surface area contributed by atoms with Crippen LogP contribution in [0, 0.1) is 0 Å². The van der Waals surface area contributed by atoms with Crippen LogP contribution in [0.2, 0.25) is 0 Å². The molecule has 1 aromatic carbocycles. The van der Waals surface area contributed by atoms with E-state index in [0.29, 0.717) is 23.7 Å². The van der Waals surface area contributed by atoms with Gasteiger partial charge in [0.15, 0.2) is 5.78 Å². The smallest absolute Gasteiger partial charge is 0.165 e. The number of benzene rings is 1. The summed E-state index contributed by atoms with van der Waals surface area (Å²) in [4.78, 5) is 11.6. The molecule has 0 spiro atoms. The molecule has 0 bridgehead atoms. The Labute approximate surface area is 102 Å². The van der Waals surface area contributed by atoms with Crippen molar-refractivity contribution in [1.82, 2.24) is 0 Å². The van der Waals surface area contributed by atoms with Crippen molar-refractivity contribution in [3.05, 3.63) is 29.3 Å². The second-order valence-electron chi connectivity index (χ2n) is 4.38. The molecule has 0 aliphatic rings. The maximum atomic E-state index is 11.6. The molecule has 17 heavy (non-hydrogen) atoms. The zero-order chi connectivity index (χ0) is 13.0. The molecule has 94 valence electrons. The van der Waals surface area contributed by atoms with Gasteiger partial charge >= 0.3 is 0 Å². The molecule has 0 aromatic heterocycles. The van der Waals surface area contributed by atoms with Crippen LogP contribution < -0.4 is 4.74 Å². The Kier molecular flexibility index (Phi) is 4.70. The topological polar surface area (TPSA) is 46.5 Å². The largest absolute Gasteiger partial charge is 0.496 e. The number of carbonyl (C=O) groups is 1. The maximum Gasteiger partial charge on any atom is 0.165 e. The molecular formula is C14H20O3. The second-order valence-corrected chi connectivity index (χ2v) is 4.38. The van der Waals surface area contributed by atoms with Gasteiger partial charge in [-0.2, -0.15) is 0 Å². The number of carbonyl (C=O) groups excluding carboxylic acids is 1. The number of hydrogen-bond acceptors (Lipinski definition) is 3. The Morgan fingerprint density at radius 3 is 2.53 bits per heavy atom. The predicted molar refractivity (Wildman–Crippen MR) is 67.3 cm³/mol. The van der Waals surface area contributed by atoms with Gasteiger partial charge < -0.3 is 9.84 Å². The first-order chi connectivity index (χ1) is 8.01. The van der Waals surface area contributed by atoms with Crippen LogP contribution in [0.4, 0.5) is 0 Å². The molecule has 0 amide bonds. The van der Waals surface area contributed by atoms with Crippen molar-refractivity contribution in [1.29, 1.82) is 0 Å². The molecule has 0 aliphatic heterocycles. The van der Waals surface area contributed by atoms with Gasteiger partial charge in [0.1, 0.15) is 11.9 Å². The number of ketones is 1. The number of methoxy groups -OCH3 is 1. The van der Waals surface area contributed by atoms with Crippen LogP contribution in [0.1, 0.15) is 50.3 Å². The molecule has 1 rings (SSSR count). The summed E-state index contributed by atoms with van der Waals surface area (Å²) in [6.07, 6.45) is -0.774. The molecule has 0 heterocycles. The van der Waals surface area contributed by atoms with E-state index in [1.165, 1.54) is 7.11 Å². The highest BCUT2D eigenvalue weighted by molar-refractivity contribution is 5.84. The Bertz CT molecular complexity index is 396. The number of aliphatic hydroxyl groups excluding tert-OH is 1. The van der Waals surface area contributed by atoms with Gasteiger partial charge in [-0.3, -0.25) is 4.79 Å². The van der Waals surface area contributed by atoms with Crippen LogP contribution >= 0.6 is 0 Å². The molecule has 0 aliphatic carbocycles. The standard InChI is InChI=1S/C14H20O3/c1-5-12(15)14(16)11-8-10(9(2)3)6-7-13(11)17-4/h6-9,14,16H,5H2,1-4H3. The van der Waals surface area contributed by atoms with E-state index in [9.17, 15) is 9.90 Å². The molecule has 1 unspecified atom stereocenters. The second kappa shape index (κ2) is 5.82. The van der Waals surface area contributed by atoms with Crippen molar-refractivity contribution in [2.75, 3.05) is 7.11 Å². The summed E-state index contributed by atoms with van der Waals surface area (Å²) in [6, 6.07) is 5.61. The quantitative estimate of drug-likeness (QED) is 0.855. The Morgan fingerprint density at radius 1 is 1.41 bits per heavy atom. The average Bonchev–Trinajstić information content (AvgIpc) is 2.35. The molecule has 0 saturated heterocycles. The van der Waals surface area contributed by atoms with E-state index in [1.54, 1.807) is 13.0 Å². The lowest BCUT2D eigenvalue weighted by Crippen LogP contribution is -2.12. The zero-order valence-corrected chi connectivity index (χ0v) is 10.9. The number of ether oxygens (including phenoxy) is 1. The third-order valence-electron chi connectivity index (χ3n) is 2.87. The van der Waals surface area contributed by atoms with E-state index in [1.807, 2.05) is 12.1 Å². The number of aliphatic hydroxyl groups is 1. The third kappa shape index (κ3) is 3.07. The summed E-state index contributed by atoms with van der Waals surface area (Å²) < 4.78 is 5.18. The number of hydrogen-bond donors (Lipinski definition) is 1. The van der Waals surface area contributed by atoms with Gasteiger partial charge in [-0.05, 0) is 23.6 Å².